The second kappa shape index (κ2) is 7.83. The van der Waals surface area contributed by atoms with Crippen LogP contribution in [0.1, 0.15) is 38.5 Å². The Hall–Kier alpha value is -1.82. The average Bonchev–Trinajstić information content (AvgIpc) is 2.57. The quantitative estimate of drug-likeness (QED) is 0.795. The monoisotopic (exact) mass is 335 g/mol. The third-order valence-corrected chi connectivity index (χ3v) is 4.98. The number of anilines is 1. The van der Waals surface area contributed by atoms with E-state index in [4.69, 9.17) is 0 Å². The molecule has 0 spiro atoms. The van der Waals surface area contributed by atoms with Crippen molar-refractivity contribution < 1.29 is 14.3 Å². The molecule has 6 heteroatoms. The van der Waals surface area contributed by atoms with Gasteiger partial charge >= 0.3 is 6.03 Å². The van der Waals surface area contributed by atoms with E-state index in [9.17, 15) is 14.3 Å². The first-order valence-corrected chi connectivity index (χ1v) is 8.87. The van der Waals surface area contributed by atoms with Crippen LogP contribution in [0, 0.1) is 5.82 Å². The lowest BCUT2D eigenvalue weighted by atomic mass is 9.93. The predicted molar refractivity (Wildman–Crippen MR) is 91.6 cm³/mol. The van der Waals surface area contributed by atoms with Gasteiger partial charge in [-0.15, -0.1) is 0 Å². The first-order valence-electron chi connectivity index (χ1n) is 8.87. The molecule has 2 aliphatic rings. The molecular weight excluding hydrogens is 309 g/mol. The molecule has 1 aliphatic heterocycles. The molecule has 3 rings (SSSR count). The molecule has 1 saturated carbocycles. The predicted octanol–water partition coefficient (Wildman–Crippen LogP) is 2.40. The summed E-state index contributed by atoms with van der Waals surface area (Å²) in [6.45, 7) is 1.54. The molecule has 5 nitrogen and oxygen atoms in total. The largest absolute Gasteiger partial charge is 0.391 e. The van der Waals surface area contributed by atoms with Gasteiger partial charge in [-0.1, -0.05) is 18.9 Å². The molecule has 1 heterocycles. The number of nitrogens with zero attached hydrogens (tertiary/aromatic N) is 1. The van der Waals surface area contributed by atoms with E-state index in [1.54, 1.807) is 6.07 Å². The van der Waals surface area contributed by atoms with Gasteiger partial charge in [-0.05, 0) is 43.9 Å². The summed E-state index contributed by atoms with van der Waals surface area (Å²) in [6, 6.07) is 6.23. The molecule has 0 radical (unpaired) electrons. The number of amides is 2. The molecule has 2 fully saturated rings. The number of nitrogens with one attached hydrogen (secondary N) is 2. The topological polar surface area (TPSA) is 64.6 Å². The molecule has 1 aliphatic carbocycles. The smallest absolute Gasteiger partial charge is 0.315 e. The normalized spacial score (nSPS) is 27.6. The summed E-state index contributed by atoms with van der Waals surface area (Å²) < 4.78 is 13.4. The van der Waals surface area contributed by atoms with Crippen LogP contribution in [-0.4, -0.2) is 42.4 Å². The number of hydrogen-bond acceptors (Lipinski definition) is 3. The standard InChI is InChI=1S/C18H26FN3O2/c19-13-5-3-7-15(11-13)22-10-4-6-14(12-22)20-18(24)21-16-8-1-2-9-17(16)23/h3,5,7,11,14,16-17,23H,1-2,4,6,8-10,12H2,(H2,20,21,24). The first-order chi connectivity index (χ1) is 11.6. The number of rotatable bonds is 3. The number of carbonyl (C=O) groups is 1. The lowest BCUT2D eigenvalue weighted by Gasteiger charge is -2.35. The molecule has 2 amide bonds. The van der Waals surface area contributed by atoms with Crippen LogP contribution in [0.3, 0.4) is 0 Å². The maximum Gasteiger partial charge on any atom is 0.315 e. The second-order valence-electron chi connectivity index (χ2n) is 6.84. The van der Waals surface area contributed by atoms with Crippen LogP contribution >= 0.6 is 0 Å². The highest BCUT2D eigenvalue weighted by Gasteiger charge is 2.26. The van der Waals surface area contributed by atoms with Crippen molar-refractivity contribution in [3.05, 3.63) is 30.1 Å². The van der Waals surface area contributed by atoms with Crippen molar-refractivity contribution in [2.75, 3.05) is 18.0 Å². The molecular formula is C18H26FN3O2. The van der Waals surface area contributed by atoms with Gasteiger partial charge in [0.1, 0.15) is 5.82 Å². The third-order valence-electron chi connectivity index (χ3n) is 4.98. The van der Waals surface area contributed by atoms with Crippen LogP contribution in [0.2, 0.25) is 0 Å². The molecule has 0 bridgehead atoms. The number of aliphatic hydroxyl groups is 1. The molecule has 1 aromatic carbocycles. The highest BCUT2D eigenvalue weighted by molar-refractivity contribution is 5.74. The number of urea groups is 1. The van der Waals surface area contributed by atoms with Crippen LogP contribution in [0.15, 0.2) is 24.3 Å². The fraction of sp³-hybridized carbons (Fsp3) is 0.611. The maximum absolute atomic E-state index is 13.4. The van der Waals surface area contributed by atoms with Gasteiger partial charge in [0.15, 0.2) is 0 Å². The van der Waals surface area contributed by atoms with Crippen molar-refractivity contribution in [1.82, 2.24) is 10.6 Å². The Labute approximate surface area is 142 Å². The van der Waals surface area contributed by atoms with E-state index in [0.29, 0.717) is 6.54 Å². The van der Waals surface area contributed by atoms with Gasteiger partial charge < -0.3 is 20.6 Å². The average molecular weight is 335 g/mol. The summed E-state index contributed by atoms with van der Waals surface area (Å²) in [6.07, 6.45) is 5.06. The Balaban J connectivity index is 1.52. The van der Waals surface area contributed by atoms with Crippen LogP contribution in [0.5, 0.6) is 0 Å². The Morgan fingerprint density at radius 3 is 2.79 bits per heavy atom. The molecule has 24 heavy (non-hydrogen) atoms. The zero-order chi connectivity index (χ0) is 16.9. The van der Waals surface area contributed by atoms with E-state index >= 15 is 0 Å². The molecule has 3 unspecified atom stereocenters. The van der Waals surface area contributed by atoms with Crippen molar-refractivity contribution in [2.24, 2.45) is 0 Å². The first kappa shape index (κ1) is 17.0. The van der Waals surface area contributed by atoms with Crippen LogP contribution in [0.4, 0.5) is 14.9 Å². The Kier molecular flexibility index (Phi) is 5.56. The van der Waals surface area contributed by atoms with E-state index in [1.165, 1.54) is 12.1 Å². The molecule has 1 saturated heterocycles. The summed E-state index contributed by atoms with van der Waals surface area (Å²) in [5, 5.41) is 15.9. The maximum atomic E-state index is 13.4. The summed E-state index contributed by atoms with van der Waals surface area (Å²) in [7, 11) is 0. The minimum absolute atomic E-state index is 0.0303. The van der Waals surface area contributed by atoms with E-state index in [2.05, 4.69) is 15.5 Å². The van der Waals surface area contributed by atoms with Crippen molar-refractivity contribution in [2.45, 2.75) is 56.7 Å². The van der Waals surface area contributed by atoms with Crippen molar-refractivity contribution in [3.8, 4) is 0 Å². The number of piperidine rings is 1. The number of carbonyl (C=O) groups excluding carboxylic acids is 1. The van der Waals surface area contributed by atoms with Gasteiger partial charge in [0.05, 0.1) is 12.1 Å². The Morgan fingerprint density at radius 1 is 1.17 bits per heavy atom. The second-order valence-corrected chi connectivity index (χ2v) is 6.84. The fourth-order valence-corrected chi connectivity index (χ4v) is 3.68. The highest BCUT2D eigenvalue weighted by Crippen LogP contribution is 2.21. The lowest BCUT2D eigenvalue weighted by Crippen LogP contribution is -2.54. The van der Waals surface area contributed by atoms with Crippen LogP contribution < -0.4 is 15.5 Å². The zero-order valence-corrected chi connectivity index (χ0v) is 13.9. The Bertz CT molecular complexity index is 569. The number of benzene rings is 1. The van der Waals surface area contributed by atoms with Gasteiger partial charge in [-0.2, -0.15) is 0 Å². The minimum Gasteiger partial charge on any atom is -0.391 e. The van der Waals surface area contributed by atoms with Crippen molar-refractivity contribution in [1.29, 1.82) is 0 Å². The molecule has 1 aromatic rings. The van der Waals surface area contributed by atoms with E-state index < -0.39 is 6.10 Å². The van der Waals surface area contributed by atoms with Gasteiger partial charge in [0.25, 0.3) is 0 Å². The third kappa shape index (κ3) is 4.38. The van der Waals surface area contributed by atoms with Gasteiger partial charge in [0.2, 0.25) is 0 Å². The summed E-state index contributed by atoms with van der Waals surface area (Å²) in [4.78, 5) is 14.3. The van der Waals surface area contributed by atoms with E-state index in [-0.39, 0.29) is 23.9 Å². The summed E-state index contributed by atoms with van der Waals surface area (Å²) >= 11 is 0. The number of aliphatic hydroxyl groups excluding tert-OH is 1. The van der Waals surface area contributed by atoms with Gasteiger partial charge in [0, 0.05) is 24.8 Å². The summed E-state index contributed by atoms with van der Waals surface area (Å²) in [5.74, 6) is -0.244. The van der Waals surface area contributed by atoms with Crippen molar-refractivity contribution in [3.63, 3.8) is 0 Å². The van der Waals surface area contributed by atoms with Gasteiger partial charge in [-0.25, -0.2) is 9.18 Å². The molecule has 3 N–H and O–H groups in total. The fourth-order valence-electron chi connectivity index (χ4n) is 3.68. The highest BCUT2D eigenvalue weighted by atomic mass is 19.1. The molecule has 0 aromatic heterocycles. The minimum atomic E-state index is -0.445. The number of hydrogen-bond donors (Lipinski definition) is 3. The zero-order valence-electron chi connectivity index (χ0n) is 13.9. The van der Waals surface area contributed by atoms with E-state index in [0.717, 1.165) is 50.8 Å². The molecule has 132 valence electrons. The molecule has 3 atom stereocenters. The SMILES string of the molecule is O=C(NC1CCCN(c2cccc(F)c2)C1)NC1CCCCC1O. The van der Waals surface area contributed by atoms with E-state index in [1.807, 2.05) is 6.07 Å². The van der Waals surface area contributed by atoms with Gasteiger partial charge in [-0.3, -0.25) is 0 Å². The van der Waals surface area contributed by atoms with Crippen LogP contribution in [-0.2, 0) is 0 Å². The Morgan fingerprint density at radius 2 is 2.00 bits per heavy atom. The lowest BCUT2D eigenvalue weighted by molar-refractivity contribution is 0.0939. The summed E-state index contributed by atoms with van der Waals surface area (Å²) in [5.41, 5.74) is 0.851. The van der Waals surface area contributed by atoms with Crippen molar-refractivity contribution >= 4 is 11.7 Å². The van der Waals surface area contributed by atoms with Crippen LogP contribution in [0.25, 0.3) is 0 Å². The number of halogens is 1.